The predicted molar refractivity (Wildman–Crippen MR) is 88.6 cm³/mol. The molecule has 2 aliphatic carbocycles. The highest BCUT2D eigenvalue weighted by molar-refractivity contribution is 5.76. The molecule has 0 bridgehead atoms. The highest BCUT2D eigenvalue weighted by Gasteiger charge is 2.59. The van der Waals surface area contributed by atoms with Gasteiger partial charge < -0.3 is 19.0 Å². The zero-order valence-corrected chi connectivity index (χ0v) is 14.4. The highest BCUT2D eigenvalue weighted by Crippen LogP contribution is 2.57. The van der Waals surface area contributed by atoms with Crippen molar-refractivity contribution in [3.05, 3.63) is 24.5 Å². The summed E-state index contributed by atoms with van der Waals surface area (Å²) < 4.78 is 16.0. The van der Waals surface area contributed by atoms with Crippen LogP contribution in [-0.2, 0) is 16.0 Å². The molecule has 2 aromatic heterocycles. The number of amides is 1. The van der Waals surface area contributed by atoms with Crippen molar-refractivity contribution in [3.63, 3.8) is 0 Å². The number of rotatable bonds is 7. The first kappa shape index (κ1) is 16.3. The first-order valence-electron chi connectivity index (χ1n) is 8.97. The Morgan fingerprint density at radius 3 is 3.04 bits per heavy atom. The number of carbonyl (C=O) groups is 1. The molecular weight excluding hydrogens is 322 g/mol. The summed E-state index contributed by atoms with van der Waals surface area (Å²) in [7, 11) is 0. The largest absolute Gasteiger partial charge is 0.472 e. The van der Waals surface area contributed by atoms with Crippen LogP contribution >= 0.6 is 0 Å². The Bertz CT molecular complexity index is 721. The molecule has 2 unspecified atom stereocenters. The van der Waals surface area contributed by atoms with Crippen LogP contribution in [0.2, 0.25) is 0 Å². The zero-order chi connectivity index (χ0) is 17.3. The Kier molecular flexibility index (Phi) is 4.33. The van der Waals surface area contributed by atoms with Gasteiger partial charge in [0.1, 0.15) is 6.26 Å². The average Bonchev–Trinajstić information content (AvgIpc) is 3.21. The van der Waals surface area contributed by atoms with Gasteiger partial charge in [-0.05, 0) is 32.3 Å². The fourth-order valence-corrected chi connectivity index (χ4v) is 3.99. The quantitative estimate of drug-likeness (QED) is 0.830. The van der Waals surface area contributed by atoms with Crippen LogP contribution in [0.25, 0.3) is 11.4 Å². The number of hydrogen-bond donors (Lipinski definition) is 1. The number of aryl methyl sites for hydroxylation is 1. The summed E-state index contributed by atoms with van der Waals surface area (Å²) in [5.74, 6) is 0.982. The lowest BCUT2D eigenvalue weighted by Gasteiger charge is -2.61. The van der Waals surface area contributed by atoms with Crippen molar-refractivity contribution in [2.75, 3.05) is 6.61 Å². The van der Waals surface area contributed by atoms with Crippen LogP contribution in [0.3, 0.4) is 0 Å². The minimum absolute atomic E-state index is 0.0364. The van der Waals surface area contributed by atoms with E-state index in [0.29, 0.717) is 30.7 Å². The van der Waals surface area contributed by atoms with Gasteiger partial charge in [0, 0.05) is 30.9 Å². The van der Waals surface area contributed by atoms with Crippen LogP contribution in [0.5, 0.6) is 0 Å². The zero-order valence-electron chi connectivity index (χ0n) is 14.4. The summed E-state index contributed by atoms with van der Waals surface area (Å²) >= 11 is 0. The number of carbonyl (C=O) groups excluding carboxylic acids is 1. The lowest BCUT2D eigenvalue weighted by Crippen LogP contribution is -2.67. The van der Waals surface area contributed by atoms with E-state index in [-0.39, 0.29) is 17.4 Å². The molecule has 2 aromatic rings. The molecule has 0 aromatic carbocycles. The molecule has 2 fully saturated rings. The van der Waals surface area contributed by atoms with Gasteiger partial charge in [-0.1, -0.05) is 11.6 Å². The second-order valence-corrected chi connectivity index (χ2v) is 6.91. The molecule has 2 saturated carbocycles. The standard InChI is InChI=1S/C18H23N3O4/c1-2-24-14-10-13(18(14)7-3-8-18)19-15(22)4-5-16-20-17(21-25-16)12-6-9-23-11-12/h6,9,11,13-14H,2-5,7-8,10H2,1H3,(H,19,22). The molecule has 7 nitrogen and oxygen atoms in total. The van der Waals surface area contributed by atoms with E-state index < -0.39 is 0 Å². The molecule has 25 heavy (non-hydrogen) atoms. The summed E-state index contributed by atoms with van der Waals surface area (Å²) in [5.41, 5.74) is 0.952. The number of furan rings is 1. The van der Waals surface area contributed by atoms with E-state index in [0.717, 1.165) is 31.4 Å². The smallest absolute Gasteiger partial charge is 0.227 e. The maximum atomic E-state index is 12.3. The van der Waals surface area contributed by atoms with Crippen LogP contribution in [0, 0.1) is 5.41 Å². The molecule has 1 N–H and O–H groups in total. The van der Waals surface area contributed by atoms with Gasteiger partial charge >= 0.3 is 0 Å². The van der Waals surface area contributed by atoms with E-state index >= 15 is 0 Å². The summed E-state index contributed by atoms with van der Waals surface area (Å²) in [6, 6.07) is 2.01. The van der Waals surface area contributed by atoms with Crippen molar-refractivity contribution in [2.45, 2.75) is 57.6 Å². The molecule has 0 aliphatic heterocycles. The van der Waals surface area contributed by atoms with E-state index in [4.69, 9.17) is 13.7 Å². The molecular formula is C18H23N3O4. The molecule has 2 atom stereocenters. The Hall–Kier alpha value is -2.15. The molecule has 2 aliphatic rings. The van der Waals surface area contributed by atoms with Crippen molar-refractivity contribution in [1.29, 1.82) is 0 Å². The number of nitrogens with one attached hydrogen (secondary N) is 1. The Labute approximate surface area is 146 Å². The van der Waals surface area contributed by atoms with Crippen molar-refractivity contribution in [2.24, 2.45) is 5.41 Å². The Morgan fingerprint density at radius 1 is 1.48 bits per heavy atom. The molecule has 1 amide bonds. The van der Waals surface area contributed by atoms with Crippen molar-refractivity contribution in [1.82, 2.24) is 15.5 Å². The number of hydrogen-bond acceptors (Lipinski definition) is 6. The van der Waals surface area contributed by atoms with Gasteiger partial charge in [0.05, 0.1) is 17.9 Å². The molecule has 134 valence electrons. The van der Waals surface area contributed by atoms with E-state index in [2.05, 4.69) is 15.5 Å². The second kappa shape index (κ2) is 6.63. The predicted octanol–water partition coefficient (Wildman–Crippen LogP) is 2.73. The Balaban J connectivity index is 1.27. The minimum Gasteiger partial charge on any atom is -0.472 e. The van der Waals surface area contributed by atoms with E-state index in [1.807, 2.05) is 6.92 Å². The minimum atomic E-state index is 0.0364. The van der Waals surface area contributed by atoms with Gasteiger partial charge in [0.15, 0.2) is 0 Å². The van der Waals surface area contributed by atoms with Crippen molar-refractivity contribution >= 4 is 5.91 Å². The lowest BCUT2D eigenvalue weighted by atomic mass is 9.51. The fourth-order valence-electron chi connectivity index (χ4n) is 3.99. The Morgan fingerprint density at radius 2 is 2.36 bits per heavy atom. The molecule has 0 radical (unpaired) electrons. The van der Waals surface area contributed by atoms with Gasteiger partial charge in [-0.3, -0.25) is 4.79 Å². The van der Waals surface area contributed by atoms with E-state index in [9.17, 15) is 4.79 Å². The molecule has 4 rings (SSSR count). The third kappa shape index (κ3) is 2.97. The summed E-state index contributed by atoms with van der Waals surface area (Å²) in [5, 5.41) is 7.08. The highest BCUT2D eigenvalue weighted by atomic mass is 16.5. The molecule has 7 heteroatoms. The van der Waals surface area contributed by atoms with Crippen LogP contribution in [-0.4, -0.2) is 34.8 Å². The first-order chi connectivity index (χ1) is 12.2. The van der Waals surface area contributed by atoms with Crippen LogP contribution in [0.15, 0.2) is 27.5 Å². The maximum Gasteiger partial charge on any atom is 0.227 e. The summed E-state index contributed by atoms with van der Waals surface area (Å²) in [6.07, 6.45) is 8.67. The monoisotopic (exact) mass is 345 g/mol. The maximum absolute atomic E-state index is 12.3. The van der Waals surface area contributed by atoms with Gasteiger partial charge in [-0.2, -0.15) is 4.98 Å². The van der Waals surface area contributed by atoms with Crippen LogP contribution < -0.4 is 5.32 Å². The third-order valence-corrected chi connectivity index (χ3v) is 5.59. The van der Waals surface area contributed by atoms with Gasteiger partial charge in [-0.15, -0.1) is 0 Å². The van der Waals surface area contributed by atoms with Crippen LogP contribution in [0.4, 0.5) is 0 Å². The lowest BCUT2D eigenvalue weighted by molar-refractivity contribution is -0.175. The fraction of sp³-hybridized carbons (Fsp3) is 0.611. The number of ether oxygens (including phenoxy) is 1. The first-order valence-corrected chi connectivity index (χ1v) is 8.97. The average molecular weight is 345 g/mol. The van der Waals surface area contributed by atoms with Crippen LogP contribution in [0.1, 0.15) is 44.9 Å². The van der Waals surface area contributed by atoms with Gasteiger partial charge in [0.2, 0.25) is 17.6 Å². The van der Waals surface area contributed by atoms with Crippen molar-refractivity contribution < 1.29 is 18.5 Å². The normalized spacial score (nSPS) is 23.9. The van der Waals surface area contributed by atoms with E-state index in [1.165, 1.54) is 6.42 Å². The number of aromatic nitrogens is 2. The summed E-state index contributed by atoms with van der Waals surface area (Å²) in [4.78, 5) is 16.6. The van der Waals surface area contributed by atoms with Gasteiger partial charge in [-0.25, -0.2) is 0 Å². The van der Waals surface area contributed by atoms with E-state index in [1.54, 1.807) is 18.6 Å². The molecule has 0 saturated heterocycles. The summed E-state index contributed by atoms with van der Waals surface area (Å²) in [6.45, 7) is 2.77. The van der Waals surface area contributed by atoms with Crippen molar-refractivity contribution in [3.8, 4) is 11.4 Å². The van der Waals surface area contributed by atoms with Gasteiger partial charge in [0.25, 0.3) is 0 Å². The molecule has 1 spiro atoms. The SMILES string of the molecule is CCOC1CC(NC(=O)CCc2nc(-c3ccoc3)no2)C12CCC2. The molecule has 2 heterocycles. The third-order valence-electron chi connectivity index (χ3n) is 5.59. The number of nitrogens with zero attached hydrogens (tertiary/aromatic N) is 2. The topological polar surface area (TPSA) is 90.4 Å². The second-order valence-electron chi connectivity index (χ2n) is 6.91.